The van der Waals surface area contributed by atoms with Crippen molar-refractivity contribution in [1.82, 2.24) is 10.2 Å². The summed E-state index contributed by atoms with van der Waals surface area (Å²) in [6.45, 7) is 8.27. The summed E-state index contributed by atoms with van der Waals surface area (Å²) >= 11 is 0. The molecule has 4 heteroatoms. The molecule has 1 aliphatic rings. The zero-order valence-electron chi connectivity index (χ0n) is 10.0. The normalized spacial score (nSPS) is 21.2. The van der Waals surface area contributed by atoms with Gasteiger partial charge in [0.15, 0.2) is 0 Å². The molecule has 1 aromatic heterocycles. The van der Waals surface area contributed by atoms with E-state index in [9.17, 15) is 4.79 Å². The van der Waals surface area contributed by atoms with Crippen LogP contribution in [0.5, 0.6) is 0 Å². The summed E-state index contributed by atoms with van der Waals surface area (Å²) in [7, 11) is 0. The SMILES string of the molecule is Cc1cc(C(=O)N2CCNC[C@H]2C)c(C)o1. The van der Waals surface area contributed by atoms with E-state index in [1.807, 2.05) is 24.8 Å². The Balaban J connectivity index is 2.21. The molecule has 0 spiro atoms. The first-order chi connectivity index (χ1) is 7.59. The summed E-state index contributed by atoms with van der Waals surface area (Å²) < 4.78 is 5.40. The fraction of sp³-hybridized carbons (Fsp3) is 0.583. The van der Waals surface area contributed by atoms with E-state index in [1.165, 1.54) is 0 Å². The lowest BCUT2D eigenvalue weighted by Crippen LogP contribution is -2.52. The van der Waals surface area contributed by atoms with E-state index in [0.717, 1.165) is 25.4 Å². The third-order valence-corrected chi connectivity index (χ3v) is 3.03. The van der Waals surface area contributed by atoms with Crippen LogP contribution >= 0.6 is 0 Å². The summed E-state index contributed by atoms with van der Waals surface area (Å²) in [6.07, 6.45) is 0. The Morgan fingerprint density at radius 2 is 2.31 bits per heavy atom. The van der Waals surface area contributed by atoms with Crippen LogP contribution in [0.1, 0.15) is 28.8 Å². The lowest BCUT2D eigenvalue weighted by Gasteiger charge is -2.33. The topological polar surface area (TPSA) is 45.5 Å². The molecule has 1 aliphatic heterocycles. The van der Waals surface area contributed by atoms with E-state index in [1.54, 1.807) is 0 Å². The van der Waals surface area contributed by atoms with Gasteiger partial charge >= 0.3 is 0 Å². The molecule has 0 aromatic carbocycles. The number of furan rings is 1. The predicted octanol–water partition coefficient (Wildman–Crippen LogP) is 1.33. The van der Waals surface area contributed by atoms with E-state index in [2.05, 4.69) is 12.2 Å². The van der Waals surface area contributed by atoms with Crippen LogP contribution in [0.25, 0.3) is 0 Å². The van der Waals surface area contributed by atoms with Crippen molar-refractivity contribution < 1.29 is 9.21 Å². The van der Waals surface area contributed by atoms with Gasteiger partial charge in [-0.25, -0.2) is 0 Å². The van der Waals surface area contributed by atoms with Gasteiger partial charge in [0.1, 0.15) is 11.5 Å². The Morgan fingerprint density at radius 3 is 2.88 bits per heavy atom. The molecule has 1 aromatic rings. The average Bonchev–Trinajstić information content (AvgIpc) is 2.58. The Labute approximate surface area is 95.6 Å². The number of carbonyl (C=O) groups is 1. The van der Waals surface area contributed by atoms with Crippen LogP contribution in [0, 0.1) is 13.8 Å². The van der Waals surface area contributed by atoms with Gasteiger partial charge in [0.25, 0.3) is 5.91 Å². The summed E-state index contributed by atoms with van der Waals surface area (Å²) in [5, 5.41) is 3.27. The minimum atomic E-state index is 0.0864. The quantitative estimate of drug-likeness (QED) is 0.779. The van der Waals surface area contributed by atoms with Gasteiger partial charge in [-0.15, -0.1) is 0 Å². The van der Waals surface area contributed by atoms with Gasteiger partial charge in [0, 0.05) is 25.7 Å². The number of aryl methyl sites for hydroxylation is 2. The average molecular weight is 222 g/mol. The van der Waals surface area contributed by atoms with E-state index in [4.69, 9.17) is 4.42 Å². The van der Waals surface area contributed by atoms with Crippen molar-refractivity contribution in [2.24, 2.45) is 0 Å². The van der Waals surface area contributed by atoms with Crippen LogP contribution in [-0.4, -0.2) is 36.5 Å². The number of carbonyl (C=O) groups excluding carboxylic acids is 1. The molecule has 1 saturated heterocycles. The van der Waals surface area contributed by atoms with Crippen molar-refractivity contribution in [1.29, 1.82) is 0 Å². The van der Waals surface area contributed by atoms with Gasteiger partial charge in [-0.2, -0.15) is 0 Å². The van der Waals surface area contributed by atoms with E-state index in [0.29, 0.717) is 11.3 Å². The standard InChI is InChI=1S/C12H18N2O2/c1-8-7-13-4-5-14(8)12(15)11-6-9(2)16-10(11)3/h6,8,13H,4-5,7H2,1-3H3/t8-/m1/s1. The zero-order chi connectivity index (χ0) is 11.7. The monoisotopic (exact) mass is 222 g/mol. The third kappa shape index (κ3) is 1.97. The van der Waals surface area contributed by atoms with Gasteiger partial charge in [-0.1, -0.05) is 0 Å². The van der Waals surface area contributed by atoms with Crippen LogP contribution < -0.4 is 5.32 Å². The molecular formula is C12H18N2O2. The zero-order valence-corrected chi connectivity index (χ0v) is 10.0. The Hall–Kier alpha value is -1.29. The molecule has 1 amide bonds. The molecule has 0 unspecified atom stereocenters. The number of nitrogens with zero attached hydrogens (tertiary/aromatic N) is 1. The van der Waals surface area contributed by atoms with Gasteiger partial charge in [-0.05, 0) is 26.8 Å². The number of hydrogen-bond acceptors (Lipinski definition) is 3. The van der Waals surface area contributed by atoms with Crippen molar-refractivity contribution in [2.45, 2.75) is 26.8 Å². The Kier molecular flexibility index (Phi) is 3.01. The van der Waals surface area contributed by atoms with Crippen molar-refractivity contribution in [3.8, 4) is 0 Å². The van der Waals surface area contributed by atoms with Crippen LogP contribution in [-0.2, 0) is 0 Å². The summed E-state index contributed by atoms with van der Waals surface area (Å²) in [5.41, 5.74) is 0.700. The maximum Gasteiger partial charge on any atom is 0.257 e. The van der Waals surface area contributed by atoms with Crippen molar-refractivity contribution in [3.63, 3.8) is 0 Å². The van der Waals surface area contributed by atoms with E-state index in [-0.39, 0.29) is 11.9 Å². The molecule has 0 aliphatic carbocycles. The van der Waals surface area contributed by atoms with Gasteiger partial charge in [-0.3, -0.25) is 4.79 Å². The predicted molar refractivity (Wildman–Crippen MR) is 61.6 cm³/mol. The molecule has 1 N–H and O–H groups in total. The van der Waals surface area contributed by atoms with Gasteiger partial charge in [0.2, 0.25) is 0 Å². The number of piperazine rings is 1. The highest BCUT2D eigenvalue weighted by Crippen LogP contribution is 2.17. The molecule has 2 heterocycles. The van der Waals surface area contributed by atoms with Crippen LogP contribution in [0.2, 0.25) is 0 Å². The van der Waals surface area contributed by atoms with Crippen LogP contribution in [0.4, 0.5) is 0 Å². The largest absolute Gasteiger partial charge is 0.466 e. The van der Waals surface area contributed by atoms with Crippen molar-refractivity contribution in [2.75, 3.05) is 19.6 Å². The second-order valence-electron chi connectivity index (χ2n) is 4.38. The fourth-order valence-electron chi connectivity index (χ4n) is 2.14. The molecule has 1 fully saturated rings. The number of rotatable bonds is 1. The fourth-order valence-corrected chi connectivity index (χ4v) is 2.14. The number of amides is 1. The first kappa shape index (κ1) is 11.2. The van der Waals surface area contributed by atoms with Crippen LogP contribution in [0.3, 0.4) is 0 Å². The number of hydrogen-bond donors (Lipinski definition) is 1. The van der Waals surface area contributed by atoms with Crippen molar-refractivity contribution >= 4 is 5.91 Å². The summed E-state index contributed by atoms with van der Waals surface area (Å²) in [6, 6.07) is 2.07. The highest BCUT2D eigenvalue weighted by atomic mass is 16.3. The molecule has 16 heavy (non-hydrogen) atoms. The highest BCUT2D eigenvalue weighted by molar-refractivity contribution is 5.95. The highest BCUT2D eigenvalue weighted by Gasteiger charge is 2.26. The first-order valence-electron chi connectivity index (χ1n) is 5.68. The number of nitrogens with one attached hydrogen (secondary N) is 1. The van der Waals surface area contributed by atoms with E-state index < -0.39 is 0 Å². The molecule has 4 nitrogen and oxygen atoms in total. The second kappa shape index (κ2) is 4.29. The summed E-state index contributed by atoms with van der Waals surface area (Å²) in [5.74, 6) is 1.60. The van der Waals surface area contributed by atoms with Crippen LogP contribution in [0.15, 0.2) is 10.5 Å². The molecule has 88 valence electrons. The Bertz CT molecular complexity index is 398. The van der Waals surface area contributed by atoms with E-state index >= 15 is 0 Å². The maximum atomic E-state index is 12.3. The molecule has 2 rings (SSSR count). The Morgan fingerprint density at radius 1 is 1.56 bits per heavy atom. The maximum absolute atomic E-state index is 12.3. The molecule has 0 saturated carbocycles. The third-order valence-electron chi connectivity index (χ3n) is 3.03. The summed E-state index contributed by atoms with van der Waals surface area (Å²) in [4.78, 5) is 14.2. The lowest BCUT2D eigenvalue weighted by molar-refractivity contribution is 0.0654. The molecule has 1 atom stereocenters. The van der Waals surface area contributed by atoms with Gasteiger partial charge < -0.3 is 14.6 Å². The second-order valence-corrected chi connectivity index (χ2v) is 4.38. The molecule has 0 radical (unpaired) electrons. The molecule has 0 bridgehead atoms. The minimum Gasteiger partial charge on any atom is -0.466 e. The minimum absolute atomic E-state index is 0.0864. The first-order valence-corrected chi connectivity index (χ1v) is 5.68. The molecular weight excluding hydrogens is 204 g/mol. The smallest absolute Gasteiger partial charge is 0.257 e. The van der Waals surface area contributed by atoms with Gasteiger partial charge in [0.05, 0.1) is 5.56 Å². The van der Waals surface area contributed by atoms with Crippen molar-refractivity contribution in [3.05, 3.63) is 23.2 Å². The lowest BCUT2D eigenvalue weighted by atomic mass is 10.1.